The minimum Gasteiger partial charge on any atom is -0.464 e. The maximum Gasteiger partial charge on any atom is 0.362 e. The molecule has 0 bridgehead atoms. The largest absolute Gasteiger partial charge is 0.464 e. The Morgan fingerprint density at radius 1 is 1.25 bits per heavy atom. The molecule has 1 heterocycles. The van der Waals surface area contributed by atoms with Crippen molar-refractivity contribution in [3.05, 3.63) is 35.0 Å². The first-order valence-corrected chi connectivity index (χ1v) is 8.23. The van der Waals surface area contributed by atoms with E-state index in [0.29, 0.717) is 17.4 Å². The van der Waals surface area contributed by atoms with Crippen LogP contribution >= 0.6 is 11.6 Å². The summed E-state index contributed by atoms with van der Waals surface area (Å²) in [6.45, 7) is 7.52. The van der Waals surface area contributed by atoms with E-state index in [-0.39, 0.29) is 5.69 Å². The third kappa shape index (κ3) is 4.69. The van der Waals surface area contributed by atoms with Gasteiger partial charge in [0.2, 0.25) is 5.69 Å². The molecule has 8 heteroatoms. The molecule has 2 rings (SSSR count). The molecule has 0 fully saturated rings. The van der Waals surface area contributed by atoms with Gasteiger partial charge >= 0.3 is 5.97 Å². The SMILES string of the molecule is CCN(CC)CCn1nc(Nc2ccc(Cl)cc2)c(C(=O)OC)n1. The van der Waals surface area contributed by atoms with Crippen molar-refractivity contribution in [1.29, 1.82) is 0 Å². The van der Waals surface area contributed by atoms with Crippen molar-refractivity contribution in [2.24, 2.45) is 0 Å². The van der Waals surface area contributed by atoms with Crippen molar-refractivity contribution < 1.29 is 9.53 Å². The van der Waals surface area contributed by atoms with Crippen molar-refractivity contribution in [3.63, 3.8) is 0 Å². The molecule has 0 aliphatic carbocycles. The molecule has 1 N–H and O–H groups in total. The number of nitrogens with zero attached hydrogens (tertiary/aromatic N) is 4. The maximum absolute atomic E-state index is 11.9. The van der Waals surface area contributed by atoms with Crippen molar-refractivity contribution in [1.82, 2.24) is 19.9 Å². The summed E-state index contributed by atoms with van der Waals surface area (Å²) in [6, 6.07) is 7.12. The first-order valence-electron chi connectivity index (χ1n) is 7.85. The van der Waals surface area contributed by atoms with Gasteiger partial charge in [-0.15, -0.1) is 10.2 Å². The normalized spacial score (nSPS) is 10.9. The summed E-state index contributed by atoms with van der Waals surface area (Å²) in [5.74, 6) is -0.163. The Morgan fingerprint density at radius 2 is 1.92 bits per heavy atom. The zero-order valence-electron chi connectivity index (χ0n) is 14.1. The van der Waals surface area contributed by atoms with Gasteiger partial charge in [-0.1, -0.05) is 25.4 Å². The third-order valence-electron chi connectivity index (χ3n) is 3.65. The fourth-order valence-electron chi connectivity index (χ4n) is 2.21. The van der Waals surface area contributed by atoms with Gasteiger partial charge in [0.05, 0.1) is 13.7 Å². The van der Waals surface area contributed by atoms with Crippen LogP contribution in [0, 0.1) is 0 Å². The highest BCUT2D eigenvalue weighted by molar-refractivity contribution is 6.30. The first kappa shape index (κ1) is 18.2. The fourth-order valence-corrected chi connectivity index (χ4v) is 2.33. The van der Waals surface area contributed by atoms with Crippen LogP contribution in [0.4, 0.5) is 11.5 Å². The number of rotatable bonds is 8. The lowest BCUT2D eigenvalue weighted by Crippen LogP contribution is -2.27. The van der Waals surface area contributed by atoms with Gasteiger partial charge in [0, 0.05) is 17.3 Å². The first-order chi connectivity index (χ1) is 11.6. The van der Waals surface area contributed by atoms with Crippen LogP contribution in [0.5, 0.6) is 0 Å². The molecule has 0 spiro atoms. The molecule has 1 aromatic heterocycles. The number of hydrogen-bond acceptors (Lipinski definition) is 6. The van der Waals surface area contributed by atoms with E-state index < -0.39 is 5.97 Å². The highest BCUT2D eigenvalue weighted by Gasteiger charge is 2.19. The molecule has 0 aliphatic rings. The number of anilines is 2. The smallest absolute Gasteiger partial charge is 0.362 e. The van der Waals surface area contributed by atoms with E-state index >= 15 is 0 Å². The van der Waals surface area contributed by atoms with Crippen LogP contribution in [0.2, 0.25) is 5.02 Å². The minimum atomic E-state index is -0.527. The Labute approximate surface area is 146 Å². The summed E-state index contributed by atoms with van der Waals surface area (Å²) in [7, 11) is 1.32. The van der Waals surface area contributed by atoms with Crippen molar-refractivity contribution in [3.8, 4) is 0 Å². The number of carbonyl (C=O) groups is 1. The molecule has 0 unspecified atom stereocenters. The molecule has 0 saturated carbocycles. The summed E-state index contributed by atoms with van der Waals surface area (Å²) in [5.41, 5.74) is 0.923. The fraction of sp³-hybridized carbons (Fsp3) is 0.438. The van der Waals surface area contributed by atoms with Crippen molar-refractivity contribution in [2.75, 3.05) is 32.1 Å². The van der Waals surface area contributed by atoms with Gasteiger partial charge in [0.15, 0.2) is 5.82 Å². The molecule has 130 valence electrons. The number of carbonyl (C=O) groups excluding carboxylic acids is 1. The Balaban J connectivity index is 2.18. The quantitative estimate of drug-likeness (QED) is 0.737. The third-order valence-corrected chi connectivity index (χ3v) is 3.90. The molecular weight excluding hydrogens is 330 g/mol. The predicted molar refractivity (Wildman–Crippen MR) is 93.9 cm³/mol. The molecule has 0 atom stereocenters. The van der Waals surface area contributed by atoms with Crippen molar-refractivity contribution >= 4 is 29.1 Å². The summed E-state index contributed by atoms with van der Waals surface area (Å²) < 4.78 is 4.79. The van der Waals surface area contributed by atoms with Crippen LogP contribution in [-0.2, 0) is 11.3 Å². The lowest BCUT2D eigenvalue weighted by molar-refractivity contribution is 0.0594. The molecule has 0 amide bonds. The van der Waals surface area contributed by atoms with Gasteiger partial charge in [0.25, 0.3) is 0 Å². The molecule has 0 saturated heterocycles. The van der Waals surface area contributed by atoms with Gasteiger partial charge in [-0.2, -0.15) is 4.80 Å². The van der Waals surface area contributed by atoms with E-state index in [0.717, 1.165) is 25.3 Å². The van der Waals surface area contributed by atoms with Gasteiger partial charge in [-0.25, -0.2) is 4.79 Å². The van der Waals surface area contributed by atoms with Gasteiger partial charge in [0.1, 0.15) is 0 Å². The van der Waals surface area contributed by atoms with E-state index in [1.165, 1.54) is 11.9 Å². The Morgan fingerprint density at radius 3 is 2.50 bits per heavy atom. The van der Waals surface area contributed by atoms with E-state index in [2.05, 4.69) is 34.3 Å². The highest BCUT2D eigenvalue weighted by Crippen LogP contribution is 2.20. The zero-order valence-corrected chi connectivity index (χ0v) is 14.9. The number of nitrogens with one attached hydrogen (secondary N) is 1. The van der Waals surface area contributed by atoms with Crippen LogP contribution in [-0.4, -0.2) is 52.6 Å². The van der Waals surface area contributed by atoms with Gasteiger partial charge < -0.3 is 15.0 Å². The summed E-state index contributed by atoms with van der Waals surface area (Å²) in [4.78, 5) is 15.7. The van der Waals surface area contributed by atoms with Crippen LogP contribution < -0.4 is 5.32 Å². The lowest BCUT2D eigenvalue weighted by Gasteiger charge is -2.16. The second-order valence-electron chi connectivity index (χ2n) is 5.14. The number of esters is 1. The van der Waals surface area contributed by atoms with E-state index in [1.54, 1.807) is 24.3 Å². The lowest BCUT2D eigenvalue weighted by atomic mass is 10.3. The molecule has 24 heavy (non-hydrogen) atoms. The van der Waals surface area contributed by atoms with Crippen LogP contribution in [0.15, 0.2) is 24.3 Å². The van der Waals surface area contributed by atoms with Gasteiger partial charge in [-0.05, 0) is 37.4 Å². The Bertz CT molecular complexity index is 668. The number of methoxy groups -OCH3 is 1. The monoisotopic (exact) mass is 351 g/mol. The second-order valence-corrected chi connectivity index (χ2v) is 5.58. The average Bonchev–Trinajstić information content (AvgIpc) is 3.00. The van der Waals surface area contributed by atoms with E-state index in [4.69, 9.17) is 16.3 Å². The molecule has 2 aromatic rings. The number of ether oxygens (including phenoxy) is 1. The van der Waals surface area contributed by atoms with Crippen LogP contribution in [0.25, 0.3) is 0 Å². The summed E-state index contributed by atoms with van der Waals surface area (Å²) in [6.07, 6.45) is 0. The maximum atomic E-state index is 11.9. The van der Waals surface area contributed by atoms with E-state index in [9.17, 15) is 4.79 Å². The Kier molecular flexibility index (Phi) is 6.57. The zero-order chi connectivity index (χ0) is 17.5. The second kappa shape index (κ2) is 8.65. The number of likely N-dealkylation sites (N-methyl/N-ethyl adjacent to an activating group) is 1. The molecular formula is C16H22ClN5O2. The molecule has 7 nitrogen and oxygen atoms in total. The molecule has 0 aliphatic heterocycles. The van der Waals surface area contributed by atoms with Crippen LogP contribution in [0.1, 0.15) is 24.3 Å². The molecule has 0 radical (unpaired) electrons. The Hall–Kier alpha value is -2.12. The standard InChI is InChI=1S/C16H22ClN5O2/c1-4-21(5-2)10-11-22-19-14(16(23)24-3)15(20-22)18-13-8-6-12(17)7-9-13/h6-9H,4-5,10-11H2,1-3H3,(H,18,20). The molecule has 1 aromatic carbocycles. The number of aromatic nitrogens is 3. The highest BCUT2D eigenvalue weighted by atomic mass is 35.5. The van der Waals surface area contributed by atoms with Crippen molar-refractivity contribution in [2.45, 2.75) is 20.4 Å². The summed E-state index contributed by atoms with van der Waals surface area (Å²) >= 11 is 5.88. The number of hydrogen-bond donors (Lipinski definition) is 1. The number of halogens is 1. The van der Waals surface area contributed by atoms with Crippen LogP contribution in [0.3, 0.4) is 0 Å². The minimum absolute atomic E-state index is 0.159. The van der Waals surface area contributed by atoms with E-state index in [1.807, 2.05) is 0 Å². The average molecular weight is 352 g/mol. The number of benzene rings is 1. The summed E-state index contributed by atoms with van der Waals surface area (Å²) in [5, 5.41) is 12.3. The van der Waals surface area contributed by atoms with Gasteiger partial charge in [-0.3, -0.25) is 0 Å². The predicted octanol–water partition coefficient (Wildman–Crippen LogP) is 2.80. The topological polar surface area (TPSA) is 72.3 Å².